The van der Waals surface area contributed by atoms with Crippen LogP contribution < -0.4 is 5.73 Å². The van der Waals surface area contributed by atoms with Gasteiger partial charge in [-0.2, -0.15) is 0 Å². The van der Waals surface area contributed by atoms with Gasteiger partial charge in [0.25, 0.3) is 0 Å². The highest BCUT2D eigenvalue weighted by molar-refractivity contribution is 7.47. The lowest BCUT2D eigenvalue weighted by Gasteiger charge is -2.19. The molecule has 0 aromatic rings. The lowest BCUT2D eigenvalue weighted by molar-refractivity contribution is -0.161. The summed E-state index contributed by atoms with van der Waals surface area (Å²) in [5, 5.41) is 0. The third-order valence-corrected chi connectivity index (χ3v) is 13.0. The summed E-state index contributed by atoms with van der Waals surface area (Å²) in [6.45, 7) is 3.46. The van der Waals surface area contributed by atoms with Gasteiger partial charge in [0, 0.05) is 19.4 Å². The van der Waals surface area contributed by atoms with Gasteiger partial charge in [0.05, 0.1) is 13.2 Å². The van der Waals surface area contributed by atoms with E-state index in [2.05, 4.69) is 148 Å². The highest BCUT2D eigenvalue weighted by atomic mass is 31.2. The first kappa shape index (κ1) is 71.2. The van der Waals surface area contributed by atoms with E-state index in [4.69, 9.17) is 24.3 Å². The third-order valence-electron chi connectivity index (χ3n) is 12.0. The van der Waals surface area contributed by atoms with Crippen molar-refractivity contribution in [2.24, 2.45) is 5.73 Å². The van der Waals surface area contributed by atoms with Crippen LogP contribution in [-0.4, -0.2) is 49.3 Å². The molecule has 0 fully saturated rings. The number of allylic oxidation sites excluding steroid dienone is 22. The van der Waals surface area contributed by atoms with Crippen molar-refractivity contribution in [2.75, 3.05) is 26.4 Å². The van der Waals surface area contributed by atoms with Crippen molar-refractivity contribution in [1.82, 2.24) is 0 Å². The molecule has 0 heterocycles. The summed E-state index contributed by atoms with van der Waals surface area (Å²) in [7, 11) is -4.40. The molecule has 75 heavy (non-hydrogen) atoms. The number of unbranched alkanes of at least 4 members (excludes halogenated alkanes) is 19. The Kier molecular flexibility index (Phi) is 56.3. The number of ether oxygens (including phenoxy) is 2. The minimum Gasteiger partial charge on any atom is -0.462 e. The Bertz CT molecular complexity index is 1680. The van der Waals surface area contributed by atoms with Crippen LogP contribution in [0.2, 0.25) is 0 Å². The fourth-order valence-corrected chi connectivity index (χ4v) is 8.49. The molecule has 0 radical (unpaired) electrons. The molecule has 3 N–H and O–H groups in total. The fraction of sp³-hybridized carbons (Fsp3) is 0.631. The number of nitrogens with two attached hydrogens (primary N) is 1. The predicted molar refractivity (Wildman–Crippen MR) is 320 cm³/mol. The van der Waals surface area contributed by atoms with Crippen molar-refractivity contribution in [2.45, 2.75) is 238 Å². The summed E-state index contributed by atoms with van der Waals surface area (Å²) in [6, 6.07) is 0. The van der Waals surface area contributed by atoms with Crippen LogP contribution >= 0.6 is 7.82 Å². The van der Waals surface area contributed by atoms with Crippen molar-refractivity contribution in [3.63, 3.8) is 0 Å². The highest BCUT2D eigenvalue weighted by Gasteiger charge is 2.26. The van der Waals surface area contributed by atoms with E-state index in [1.165, 1.54) is 83.5 Å². The van der Waals surface area contributed by atoms with E-state index < -0.39 is 32.5 Å². The molecule has 426 valence electrons. The predicted octanol–water partition coefficient (Wildman–Crippen LogP) is 19.0. The lowest BCUT2D eigenvalue weighted by Crippen LogP contribution is -2.29. The molecule has 0 aromatic carbocycles. The van der Waals surface area contributed by atoms with Crippen LogP contribution in [0.5, 0.6) is 0 Å². The number of phosphoric acid groups is 1. The first-order chi connectivity index (χ1) is 36.8. The summed E-state index contributed by atoms with van der Waals surface area (Å²) in [5.41, 5.74) is 5.37. The van der Waals surface area contributed by atoms with Crippen LogP contribution in [0.15, 0.2) is 134 Å². The normalized spacial score (nSPS) is 14.0. The van der Waals surface area contributed by atoms with Crippen LogP contribution in [0, 0.1) is 0 Å². The van der Waals surface area contributed by atoms with Crippen LogP contribution in [0.1, 0.15) is 232 Å². The summed E-state index contributed by atoms with van der Waals surface area (Å²) in [4.78, 5) is 35.1. The van der Waals surface area contributed by atoms with E-state index in [9.17, 15) is 19.0 Å². The maximum absolute atomic E-state index is 12.7. The zero-order valence-electron chi connectivity index (χ0n) is 47.5. The molecule has 2 atom stereocenters. The van der Waals surface area contributed by atoms with Crippen molar-refractivity contribution in [3.05, 3.63) is 134 Å². The molecule has 2 unspecified atom stereocenters. The van der Waals surface area contributed by atoms with Gasteiger partial charge < -0.3 is 20.1 Å². The molecule has 0 saturated carbocycles. The molecule has 0 aliphatic rings. The Labute approximate surface area is 459 Å². The van der Waals surface area contributed by atoms with Gasteiger partial charge in [0.15, 0.2) is 6.10 Å². The molecule has 9 nitrogen and oxygen atoms in total. The smallest absolute Gasteiger partial charge is 0.462 e. The van der Waals surface area contributed by atoms with Gasteiger partial charge in [0.2, 0.25) is 0 Å². The van der Waals surface area contributed by atoms with Crippen molar-refractivity contribution in [3.8, 4) is 0 Å². The molecule has 0 aromatic heterocycles. The molecule has 0 amide bonds. The molecular formula is C65H108NO8P. The summed E-state index contributed by atoms with van der Waals surface area (Å²) in [6.07, 6.45) is 83.9. The Balaban J connectivity index is 3.87. The van der Waals surface area contributed by atoms with Crippen molar-refractivity contribution >= 4 is 19.8 Å². The number of carbonyl (C=O) groups is 2. The SMILES string of the molecule is CC/C=C\C/C=C\C/C=C\C/C=C\C/C=C\C/C=C\C/C=C\C/C=C\CCCCCCCCCCCCCCCCCCC(=O)OC(COC(=O)CCCCC/C=C\C/C=C\C/C=C\CC)COP(=O)(O)OCCN. The largest absolute Gasteiger partial charge is 0.472 e. The molecule has 0 bridgehead atoms. The molecule has 0 aliphatic heterocycles. The zero-order chi connectivity index (χ0) is 54.5. The topological polar surface area (TPSA) is 134 Å². The minimum absolute atomic E-state index is 0.0444. The van der Waals surface area contributed by atoms with E-state index in [-0.39, 0.29) is 32.6 Å². The molecule has 0 spiro atoms. The number of hydrogen-bond donors (Lipinski definition) is 2. The number of rotatable bonds is 54. The summed E-state index contributed by atoms with van der Waals surface area (Å²) in [5.74, 6) is -0.867. The van der Waals surface area contributed by atoms with Crippen LogP contribution in [-0.2, 0) is 32.7 Å². The van der Waals surface area contributed by atoms with Gasteiger partial charge >= 0.3 is 19.8 Å². The quantitative estimate of drug-likeness (QED) is 0.0264. The Morgan fingerprint density at radius 1 is 0.400 bits per heavy atom. The van der Waals surface area contributed by atoms with Gasteiger partial charge in [0.1, 0.15) is 6.61 Å². The second-order valence-corrected chi connectivity index (χ2v) is 20.6. The first-order valence-corrected chi connectivity index (χ1v) is 31.2. The minimum atomic E-state index is -4.40. The number of phosphoric ester groups is 1. The molecule has 10 heteroatoms. The Morgan fingerprint density at radius 3 is 1.04 bits per heavy atom. The van der Waals surface area contributed by atoms with Crippen LogP contribution in [0.25, 0.3) is 0 Å². The number of carbonyl (C=O) groups excluding carboxylic acids is 2. The molecule has 0 aliphatic carbocycles. The third kappa shape index (κ3) is 59.3. The second kappa shape index (κ2) is 59.4. The average Bonchev–Trinajstić information content (AvgIpc) is 3.40. The van der Waals surface area contributed by atoms with Crippen LogP contribution in [0.3, 0.4) is 0 Å². The summed E-state index contributed by atoms with van der Waals surface area (Å²) >= 11 is 0. The van der Waals surface area contributed by atoms with Crippen LogP contribution in [0.4, 0.5) is 0 Å². The van der Waals surface area contributed by atoms with Crippen molar-refractivity contribution < 1.29 is 37.6 Å². The van der Waals surface area contributed by atoms with E-state index in [1.807, 2.05) is 0 Å². The van der Waals surface area contributed by atoms with Crippen molar-refractivity contribution in [1.29, 1.82) is 0 Å². The van der Waals surface area contributed by atoms with E-state index in [0.717, 1.165) is 109 Å². The van der Waals surface area contributed by atoms with Gasteiger partial charge in [-0.25, -0.2) is 4.57 Å². The molecule has 0 rings (SSSR count). The first-order valence-electron chi connectivity index (χ1n) is 29.7. The maximum atomic E-state index is 12.7. The fourth-order valence-electron chi connectivity index (χ4n) is 7.72. The van der Waals surface area contributed by atoms with Gasteiger partial charge in [-0.15, -0.1) is 0 Å². The number of hydrogen-bond acceptors (Lipinski definition) is 8. The summed E-state index contributed by atoms with van der Waals surface area (Å²) < 4.78 is 32.9. The van der Waals surface area contributed by atoms with E-state index >= 15 is 0 Å². The highest BCUT2D eigenvalue weighted by Crippen LogP contribution is 2.43. The van der Waals surface area contributed by atoms with E-state index in [0.29, 0.717) is 12.8 Å². The average molecular weight is 1060 g/mol. The Morgan fingerprint density at radius 2 is 0.693 bits per heavy atom. The maximum Gasteiger partial charge on any atom is 0.472 e. The molecule has 0 saturated heterocycles. The Hall–Kier alpha value is -3.85. The van der Waals surface area contributed by atoms with Gasteiger partial charge in [-0.1, -0.05) is 244 Å². The second-order valence-electron chi connectivity index (χ2n) is 19.1. The molecular weight excluding hydrogens is 954 g/mol. The standard InChI is InChI=1S/C65H108NO8P/c1-3-5-7-9-11-13-15-17-18-19-20-21-22-23-24-25-26-27-28-29-30-31-32-33-34-35-36-37-38-39-40-41-42-43-44-46-48-50-52-54-56-58-65(68)74-63(62-73-75(69,70)72-60-59-66)61-71-64(67)57-55-53-51-49-47-45-16-14-12-10-8-6-4-2/h5-8,11-14,17-18,20-21,23-24,26-27,29-30,32-33,45,47,63H,3-4,9-10,15-16,19,22,25,28,31,34-44,46,48-62,66H2,1-2H3,(H,69,70)/b7-5-,8-6-,13-11-,14-12-,18-17-,21-20-,24-23-,27-26-,30-29-,33-32-,47-45-. The number of esters is 2. The van der Waals surface area contributed by atoms with Gasteiger partial charge in [-0.05, 0) is 109 Å². The lowest BCUT2D eigenvalue weighted by atomic mass is 10.0. The van der Waals surface area contributed by atoms with Gasteiger partial charge in [-0.3, -0.25) is 18.6 Å². The monoisotopic (exact) mass is 1060 g/mol. The zero-order valence-corrected chi connectivity index (χ0v) is 48.4. The van der Waals surface area contributed by atoms with E-state index in [1.54, 1.807) is 0 Å².